The molecule has 0 saturated carbocycles. The SMILES string of the molecule is Cn1ccnc1-c1noc(CCCC(=O)O)n1. The van der Waals surface area contributed by atoms with Crippen LogP contribution in [0, 0.1) is 0 Å². The van der Waals surface area contributed by atoms with Gasteiger partial charge in [0.1, 0.15) is 0 Å². The quantitative estimate of drug-likeness (QED) is 0.828. The molecular weight excluding hydrogens is 224 g/mol. The summed E-state index contributed by atoms with van der Waals surface area (Å²) in [5.74, 6) is 0.652. The molecule has 90 valence electrons. The first-order valence-electron chi connectivity index (χ1n) is 5.19. The molecule has 0 spiro atoms. The van der Waals surface area contributed by atoms with Crippen LogP contribution in [0.5, 0.6) is 0 Å². The van der Waals surface area contributed by atoms with E-state index in [0.717, 1.165) is 0 Å². The fraction of sp³-hybridized carbons (Fsp3) is 0.400. The van der Waals surface area contributed by atoms with E-state index in [4.69, 9.17) is 9.63 Å². The minimum absolute atomic E-state index is 0.0973. The maximum absolute atomic E-state index is 10.3. The number of hydrogen-bond donors (Lipinski definition) is 1. The minimum Gasteiger partial charge on any atom is -0.481 e. The van der Waals surface area contributed by atoms with Crippen molar-refractivity contribution in [3.63, 3.8) is 0 Å². The monoisotopic (exact) mass is 236 g/mol. The van der Waals surface area contributed by atoms with Crippen LogP contribution in [0.25, 0.3) is 11.6 Å². The summed E-state index contributed by atoms with van der Waals surface area (Å²) in [6.45, 7) is 0. The number of aliphatic carboxylic acids is 1. The number of aromatic nitrogens is 4. The number of carbonyl (C=O) groups is 1. The Balaban J connectivity index is 2.01. The third-order valence-corrected chi connectivity index (χ3v) is 2.27. The van der Waals surface area contributed by atoms with Gasteiger partial charge in [-0.1, -0.05) is 5.16 Å². The van der Waals surface area contributed by atoms with Crippen LogP contribution in [0.2, 0.25) is 0 Å². The zero-order valence-electron chi connectivity index (χ0n) is 9.33. The number of rotatable bonds is 5. The molecule has 2 heterocycles. The smallest absolute Gasteiger partial charge is 0.303 e. The van der Waals surface area contributed by atoms with E-state index in [1.54, 1.807) is 17.0 Å². The molecule has 0 saturated heterocycles. The maximum Gasteiger partial charge on any atom is 0.303 e. The Labute approximate surface area is 97.1 Å². The Morgan fingerprint density at radius 2 is 2.41 bits per heavy atom. The second-order valence-corrected chi connectivity index (χ2v) is 3.62. The number of nitrogens with zero attached hydrogens (tertiary/aromatic N) is 4. The van der Waals surface area contributed by atoms with Crippen LogP contribution in [-0.2, 0) is 18.3 Å². The number of carboxylic acid groups (broad SMARTS) is 1. The van der Waals surface area contributed by atoms with Gasteiger partial charge in [-0.15, -0.1) is 0 Å². The van der Waals surface area contributed by atoms with Gasteiger partial charge in [0.05, 0.1) is 0 Å². The molecule has 0 radical (unpaired) electrons. The van der Waals surface area contributed by atoms with Crippen molar-refractivity contribution in [1.82, 2.24) is 19.7 Å². The van der Waals surface area contributed by atoms with E-state index >= 15 is 0 Å². The molecule has 17 heavy (non-hydrogen) atoms. The summed E-state index contributed by atoms with van der Waals surface area (Å²) >= 11 is 0. The molecule has 0 bridgehead atoms. The molecule has 0 aliphatic rings. The van der Waals surface area contributed by atoms with Crippen molar-refractivity contribution in [2.24, 2.45) is 7.05 Å². The van der Waals surface area contributed by atoms with Crippen molar-refractivity contribution in [2.45, 2.75) is 19.3 Å². The van der Waals surface area contributed by atoms with Gasteiger partial charge in [0.15, 0.2) is 5.82 Å². The van der Waals surface area contributed by atoms with Crippen LogP contribution < -0.4 is 0 Å². The molecule has 0 atom stereocenters. The summed E-state index contributed by atoms with van der Waals surface area (Å²) in [4.78, 5) is 18.6. The van der Waals surface area contributed by atoms with Gasteiger partial charge >= 0.3 is 5.97 Å². The third kappa shape index (κ3) is 2.68. The second-order valence-electron chi connectivity index (χ2n) is 3.62. The van der Waals surface area contributed by atoms with Gasteiger partial charge in [-0.3, -0.25) is 4.79 Å². The van der Waals surface area contributed by atoms with E-state index in [0.29, 0.717) is 30.4 Å². The highest BCUT2D eigenvalue weighted by molar-refractivity contribution is 5.66. The summed E-state index contributed by atoms with van der Waals surface area (Å²) in [6, 6.07) is 0. The lowest BCUT2D eigenvalue weighted by Gasteiger charge is -1.93. The molecular formula is C10H12N4O3. The number of hydrogen-bond acceptors (Lipinski definition) is 5. The molecule has 0 aromatic carbocycles. The first-order chi connectivity index (χ1) is 8.16. The summed E-state index contributed by atoms with van der Waals surface area (Å²) in [6.07, 6.45) is 4.48. The Morgan fingerprint density at radius 3 is 3.06 bits per heavy atom. The zero-order chi connectivity index (χ0) is 12.3. The molecule has 0 amide bonds. The average Bonchev–Trinajstić information content (AvgIpc) is 2.86. The largest absolute Gasteiger partial charge is 0.481 e. The molecule has 7 nitrogen and oxygen atoms in total. The van der Waals surface area contributed by atoms with Gasteiger partial charge in [0, 0.05) is 32.3 Å². The average molecular weight is 236 g/mol. The Bertz CT molecular complexity index is 517. The van der Waals surface area contributed by atoms with E-state index in [-0.39, 0.29) is 6.42 Å². The van der Waals surface area contributed by atoms with E-state index in [9.17, 15) is 4.79 Å². The summed E-state index contributed by atoms with van der Waals surface area (Å²) in [7, 11) is 1.84. The highest BCUT2D eigenvalue weighted by atomic mass is 16.5. The van der Waals surface area contributed by atoms with Crippen molar-refractivity contribution >= 4 is 5.97 Å². The molecule has 0 aliphatic heterocycles. The molecule has 2 aromatic heterocycles. The Kier molecular flexibility index (Phi) is 3.17. The van der Waals surface area contributed by atoms with Crippen molar-refractivity contribution in [3.05, 3.63) is 18.3 Å². The van der Waals surface area contributed by atoms with Crippen LogP contribution in [-0.4, -0.2) is 30.8 Å². The molecule has 2 aromatic rings. The van der Waals surface area contributed by atoms with E-state index < -0.39 is 5.97 Å². The minimum atomic E-state index is -0.825. The van der Waals surface area contributed by atoms with Crippen LogP contribution in [0.4, 0.5) is 0 Å². The van der Waals surface area contributed by atoms with E-state index in [1.165, 1.54) is 0 Å². The topological polar surface area (TPSA) is 94.0 Å². The van der Waals surface area contributed by atoms with Crippen LogP contribution in [0.3, 0.4) is 0 Å². The fourth-order valence-electron chi connectivity index (χ4n) is 1.42. The van der Waals surface area contributed by atoms with Crippen molar-refractivity contribution < 1.29 is 14.4 Å². The predicted octanol–water partition coefficient (Wildman–Crippen LogP) is 0.877. The summed E-state index contributed by atoms with van der Waals surface area (Å²) in [5, 5.41) is 12.3. The van der Waals surface area contributed by atoms with Crippen LogP contribution in [0.15, 0.2) is 16.9 Å². The Morgan fingerprint density at radius 1 is 1.59 bits per heavy atom. The number of imidazole rings is 1. The van der Waals surface area contributed by atoms with Gasteiger partial charge in [0.2, 0.25) is 11.7 Å². The highest BCUT2D eigenvalue weighted by Crippen LogP contribution is 2.13. The first-order valence-corrected chi connectivity index (χ1v) is 5.19. The summed E-state index contributed by atoms with van der Waals surface area (Å²) < 4.78 is 6.80. The van der Waals surface area contributed by atoms with Crippen LogP contribution in [0.1, 0.15) is 18.7 Å². The molecule has 0 unspecified atom stereocenters. The molecule has 0 aliphatic carbocycles. The molecule has 1 N–H and O–H groups in total. The van der Waals surface area contributed by atoms with Crippen molar-refractivity contribution in [2.75, 3.05) is 0 Å². The lowest BCUT2D eigenvalue weighted by atomic mass is 10.2. The van der Waals surface area contributed by atoms with E-state index in [2.05, 4.69) is 15.1 Å². The number of aryl methyl sites for hydroxylation is 2. The lowest BCUT2D eigenvalue weighted by Crippen LogP contribution is -1.96. The Hall–Kier alpha value is -2.18. The first kappa shape index (κ1) is 11.3. The standard InChI is InChI=1S/C10H12N4O3/c1-14-6-5-11-10(14)9-12-7(17-13-9)3-2-4-8(15)16/h5-6H,2-4H2,1H3,(H,15,16). The fourth-order valence-corrected chi connectivity index (χ4v) is 1.42. The third-order valence-electron chi connectivity index (χ3n) is 2.27. The molecule has 2 rings (SSSR count). The normalized spacial score (nSPS) is 10.6. The molecule has 0 fully saturated rings. The van der Waals surface area contributed by atoms with Crippen LogP contribution >= 0.6 is 0 Å². The lowest BCUT2D eigenvalue weighted by molar-refractivity contribution is -0.137. The zero-order valence-corrected chi connectivity index (χ0v) is 9.33. The van der Waals surface area contributed by atoms with E-state index in [1.807, 2.05) is 7.05 Å². The second kappa shape index (κ2) is 4.77. The van der Waals surface area contributed by atoms with Crippen molar-refractivity contribution in [3.8, 4) is 11.6 Å². The van der Waals surface area contributed by atoms with Gasteiger partial charge in [-0.25, -0.2) is 4.98 Å². The van der Waals surface area contributed by atoms with Gasteiger partial charge in [0.25, 0.3) is 0 Å². The van der Waals surface area contributed by atoms with Gasteiger partial charge in [-0.05, 0) is 6.42 Å². The predicted molar refractivity (Wildman–Crippen MR) is 57.1 cm³/mol. The summed E-state index contributed by atoms with van der Waals surface area (Å²) in [5.41, 5.74) is 0. The number of carboxylic acids is 1. The molecule has 7 heteroatoms. The van der Waals surface area contributed by atoms with Gasteiger partial charge in [-0.2, -0.15) is 4.98 Å². The highest BCUT2D eigenvalue weighted by Gasteiger charge is 2.12. The maximum atomic E-state index is 10.3. The van der Waals surface area contributed by atoms with Gasteiger partial charge < -0.3 is 14.2 Å². The van der Waals surface area contributed by atoms with Crippen molar-refractivity contribution in [1.29, 1.82) is 0 Å².